The van der Waals surface area contributed by atoms with Gasteiger partial charge in [-0.05, 0) is 40.6 Å². The molecule has 244 valence electrons. The largest absolute Gasteiger partial charge is 0.455 e. The third kappa shape index (κ3) is 4.75. The minimum atomic E-state index is 0.582. The Morgan fingerprint density at radius 2 is 1.06 bits per heavy atom. The number of fused-ring (bicyclic) bond motifs is 7. The second kappa shape index (κ2) is 11.9. The Bertz CT molecular complexity index is 3070. The fraction of sp³-hybridized carbons (Fsp3) is 0. The molecule has 0 saturated carbocycles. The van der Waals surface area contributed by atoms with Crippen LogP contribution in [-0.4, -0.2) is 58.8 Å². The molecule has 7 aromatic carbocycles. The van der Waals surface area contributed by atoms with E-state index in [1.807, 2.05) is 12.1 Å². The molecule has 0 aliphatic heterocycles. The lowest BCUT2D eigenvalue weighted by Gasteiger charge is -2.20. The number of benzene rings is 7. The first-order chi connectivity index (χ1) is 25.9. The minimum absolute atomic E-state index is 0.582. The zero-order valence-electron chi connectivity index (χ0n) is 30.3. The van der Waals surface area contributed by atoms with Crippen molar-refractivity contribution in [2.45, 2.75) is 0 Å². The van der Waals surface area contributed by atoms with Gasteiger partial charge in [0, 0.05) is 38.2 Å². The van der Waals surface area contributed by atoms with Crippen molar-refractivity contribution in [2.75, 3.05) is 0 Å². The van der Waals surface area contributed by atoms with Crippen molar-refractivity contribution in [3.8, 4) is 39.9 Å². The lowest BCUT2D eigenvalue weighted by Crippen LogP contribution is -2.55. The van der Waals surface area contributed by atoms with Crippen LogP contribution in [0.1, 0.15) is 0 Å². The van der Waals surface area contributed by atoms with Crippen LogP contribution in [0.15, 0.2) is 132 Å². The van der Waals surface area contributed by atoms with Crippen molar-refractivity contribution < 1.29 is 4.42 Å². The molecular weight excluding hydrogens is 643 g/mol. The van der Waals surface area contributed by atoms with E-state index >= 15 is 0 Å². The maximum Gasteiger partial charge on any atom is 0.238 e. The molecule has 0 aliphatic carbocycles. The number of hydrogen-bond acceptors (Lipinski definition) is 4. The highest BCUT2D eigenvalue weighted by molar-refractivity contribution is 6.68. The summed E-state index contributed by atoms with van der Waals surface area (Å²) >= 11 is 0. The van der Waals surface area contributed by atoms with Crippen LogP contribution in [0.2, 0.25) is 0 Å². The highest BCUT2D eigenvalue weighted by atomic mass is 16.3. The van der Waals surface area contributed by atoms with Crippen LogP contribution in [0.5, 0.6) is 0 Å². The molecule has 0 unspecified atom stereocenters. The fourth-order valence-corrected chi connectivity index (χ4v) is 8.29. The predicted octanol–water partition coefficient (Wildman–Crippen LogP) is 2.31. The minimum Gasteiger partial charge on any atom is -0.455 e. The molecule has 0 fully saturated rings. The molecule has 0 bridgehead atoms. The third-order valence-electron chi connectivity index (χ3n) is 11.5. The molecule has 3 aromatic heterocycles. The SMILES string of the molecule is Bc1c(B)c(B)c(-c2nc(-c3cccc4oc5c(-c6ccc7ccccc7c6)cccc5c34)nc(-n3c4ccccc4c4ccccc43)n2)c(B)c1B. The molecule has 0 radical (unpaired) electrons. The van der Waals surface area contributed by atoms with E-state index in [2.05, 4.69) is 159 Å². The second-order valence-corrected chi connectivity index (χ2v) is 14.2. The summed E-state index contributed by atoms with van der Waals surface area (Å²) in [5.74, 6) is 1.85. The van der Waals surface area contributed by atoms with Gasteiger partial charge >= 0.3 is 0 Å². The van der Waals surface area contributed by atoms with Crippen LogP contribution >= 0.6 is 0 Å². The summed E-state index contributed by atoms with van der Waals surface area (Å²) in [6.07, 6.45) is 0. The van der Waals surface area contributed by atoms with Gasteiger partial charge in [-0.25, -0.2) is 4.98 Å². The van der Waals surface area contributed by atoms with Crippen LogP contribution in [-0.2, 0) is 0 Å². The summed E-state index contributed by atoms with van der Waals surface area (Å²) in [6.45, 7) is 0. The molecule has 5 nitrogen and oxygen atoms in total. The van der Waals surface area contributed by atoms with Crippen molar-refractivity contribution in [1.29, 1.82) is 0 Å². The van der Waals surface area contributed by atoms with E-state index in [1.54, 1.807) is 0 Å². The van der Waals surface area contributed by atoms with Gasteiger partial charge < -0.3 is 4.42 Å². The Labute approximate surface area is 311 Å². The monoisotopic (exact) mass is 674 g/mol. The van der Waals surface area contributed by atoms with Gasteiger partial charge in [0.2, 0.25) is 5.95 Å². The number of nitrogens with zero attached hydrogens (tertiary/aromatic N) is 4. The zero-order chi connectivity index (χ0) is 36.0. The van der Waals surface area contributed by atoms with Crippen LogP contribution in [0.25, 0.3) is 94.4 Å². The summed E-state index contributed by atoms with van der Waals surface area (Å²) in [5, 5.41) is 6.73. The van der Waals surface area contributed by atoms with Gasteiger partial charge in [0.25, 0.3) is 0 Å². The molecule has 3 heterocycles. The smallest absolute Gasteiger partial charge is 0.238 e. The van der Waals surface area contributed by atoms with Crippen molar-refractivity contribution >= 4 is 121 Å². The highest BCUT2D eigenvalue weighted by Crippen LogP contribution is 2.41. The molecule has 0 spiro atoms. The Morgan fingerprint density at radius 3 is 1.79 bits per heavy atom. The van der Waals surface area contributed by atoms with E-state index in [0.29, 0.717) is 17.6 Å². The maximum atomic E-state index is 6.75. The van der Waals surface area contributed by atoms with Gasteiger partial charge in [0.15, 0.2) is 11.6 Å². The van der Waals surface area contributed by atoms with Gasteiger partial charge in [0.1, 0.15) is 50.4 Å². The van der Waals surface area contributed by atoms with Gasteiger partial charge in [0.05, 0.1) is 11.0 Å². The first-order valence-electron chi connectivity index (χ1n) is 18.1. The van der Waals surface area contributed by atoms with Crippen molar-refractivity contribution in [3.05, 3.63) is 127 Å². The molecule has 10 aromatic rings. The van der Waals surface area contributed by atoms with Gasteiger partial charge in [-0.1, -0.05) is 114 Å². The standard InChI is InChI=1S/C43H31B5N4O/c44-35-34(36(45)38(47)39(48)37(35)46)42-49-41(50-43(51-42)52-30-16-5-3-11-26(30)27-12-4-6-17-31(27)52)29-15-8-18-32-33(29)28-14-7-13-25(40(28)53-32)24-20-19-22-9-1-2-10-23(22)21-24/h1-21H,44-48H2. The number of hydrogen-bond donors (Lipinski definition) is 0. The first-order valence-corrected chi connectivity index (χ1v) is 18.1. The molecule has 10 heteroatoms. The van der Waals surface area contributed by atoms with Crippen molar-refractivity contribution in [2.24, 2.45) is 0 Å². The van der Waals surface area contributed by atoms with Crippen molar-refractivity contribution in [3.63, 3.8) is 0 Å². The maximum absolute atomic E-state index is 6.75. The summed E-state index contributed by atoms with van der Waals surface area (Å²) in [4.78, 5) is 16.0. The quantitative estimate of drug-likeness (QED) is 0.270. The van der Waals surface area contributed by atoms with E-state index in [-0.39, 0.29) is 0 Å². The van der Waals surface area contributed by atoms with Gasteiger partial charge in [-0.2, -0.15) is 9.97 Å². The van der Waals surface area contributed by atoms with E-state index < -0.39 is 0 Å². The van der Waals surface area contributed by atoms with Crippen LogP contribution in [0.3, 0.4) is 0 Å². The number of furan rings is 1. The molecular formula is C43H31B5N4O. The Morgan fingerprint density at radius 1 is 0.472 bits per heavy atom. The summed E-state index contributed by atoms with van der Waals surface area (Å²) in [7, 11) is 11.0. The number of aromatic nitrogens is 4. The number of para-hydroxylation sites is 3. The van der Waals surface area contributed by atoms with E-state index in [4.69, 9.17) is 19.4 Å². The number of rotatable bonds is 4. The first kappa shape index (κ1) is 31.5. The van der Waals surface area contributed by atoms with Crippen LogP contribution in [0.4, 0.5) is 0 Å². The lowest BCUT2D eigenvalue weighted by atomic mass is 9.60. The third-order valence-corrected chi connectivity index (χ3v) is 11.5. The average Bonchev–Trinajstić information content (AvgIpc) is 3.75. The molecule has 53 heavy (non-hydrogen) atoms. The second-order valence-electron chi connectivity index (χ2n) is 14.2. The van der Waals surface area contributed by atoms with Crippen LogP contribution < -0.4 is 27.3 Å². The summed E-state index contributed by atoms with van der Waals surface area (Å²) < 4.78 is 8.94. The van der Waals surface area contributed by atoms with Gasteiger partial charge in [-0.15, -0.1) is 16.4 Å². The average molecular weight is 674 g/mol. The Kier molecular flexibility index (Phi) is 7.06. The van der Waals surface area contributed by atoms with E-state index in [1.165, 1.54) is 38.1 Å². The molecule has 0 N–H and O–H groups in total. The summed E-state index contributed by atoms with van der Waals surface area (Å²) in [6, 6.07) is 44.6. The van der Waals surface area contributed by atoms with Crippen LogP contribution in [0, 0.1) is 0 Å². The van der Waals surface area contributed by atoms with E-state index in [9.17, 15) is 0 Å². The Hall–Kier alpha value is -6.27. The topological polar surface area (TPSA) is 56.7 Å². The molecule has 0 atom stereocenters. The zero-order valence-corrected chi connectivity index (χ0v) is 30.3. The molecule has 0 amide bonds. The summed E-state index contributed by atoms with van der Waals surface area (Å²) in [5.41, 5.74) is 14.0. The highest BCUT2D eigenvalue weighted by Gasteiger charge is 2.23. The molecule has 0 saturated heterocycles. The fourth-order valence-electron chi connectivity index (χ4n) is 8.29. The molecule has 0 aliphatic rings. The van der Waals surface area contributed by atoms with Crippen molar-refractivity contribution in [1.82, 2.24) is 19.5 Å². The lowest BCUT2D eigenvalue weighted by molar-refractivity contribution is 0.670. The van der Waals surface area contributed by atoms with E-state index in [0.717, 1.165) is 66.0 Å². The molecule has 10 rings (SSSR count). The predicted molar refractivity (Wildman–Crippen MR) is 236 cm³/mol. The van der Waals surface area contributed by atoms with Gasteiger partial charge in [-0.3, -0.25) is 4.57 Å². The Balaban J connectivity index is 1.28. The normalized spacial score (nSPS) is 11.8.